The Morgan fingerprint density at radius 2 is 2.10 bits per heavy atom. The lowest BCUT2D eigenvalue weighted by atomic mass is 10.1. The van der Waals surface area contributed by atoms with Crippen molar-refractivity contribution >= 4 is 17.7 Å². The van der Waals surface area contributed by atoms with Crippen molar-refractivity contribution in [3.05, 3.63) is 29.3 Å². The number of aromatic carboxylic acids is 1. The largest absolute Gasteiger partial charge is 0.478 e. The molecule has 0 aromatic heterocycles. The van der Waals surface area contributed by atoms with Crippen LogP contribution in [0.15, 0.2) is 18.2 Å². The van der Waals surface area contributed by atoms with E-state index in [1.165, 1.54) is 12.1 Å². The van der Waals surface area contributed by atoms with Crippen molar-refractivity contribution in [3.8, 4) is 0 Å². The summed E-state index contributed by atoms with van der Waals surface area (Å²) >= 11 is 0. The predicted molar refractivity (Wildman–Crippen MR) is 76.2 cm³/mol. The van der Waals surface area contributed by atoms with Crippen LogP contribution >= 0.6 is 0 Å². The summed E-state index contributed by atoms with van der Waals surface area (Å²) in [5.74, 6) is -0.991. The third kappa shape index (κ3) is 4.55. The van der Waals surface area contributed by atoms with Crippen molar-refractivity contribution < 1.29 is 19.4 Å². The molecular weight excluding hydrogens is 260 g/mol. The number of anilines is 1. The van der Waals surface area contributed by atoms with Crippen molar-refractivity contribution in [1.29, 1.82) is 0 Å². The number of carboxylic acids is 1. The fourth-order valence-electron chi connectivity index (χ4n) is 1.74. The quantitative estimate of drug-likeness (QED) is 0.745. The molecule has 1 atom stereocenters. The van der Waals surface area contributed by atoms with E-state index in [0.717, 1.165) is 6.42 Å². The summed E-state index contributed by atoms with van der Waals surface area (Å²) in [6.07, 6.45) is 0.762. The van der Waals surface area contributed by atoms with E-state index < -0.39 is 5.97 Å². The summed E-state index contributed by atoms with van der Waals surface area (Å²) in [5, 5.41) is 14.4. The van der Waals surface area contributed by atoms with Crippen LogP contribution in [0.25, 0.3) is 0 Å². The Hall–Kier alpha value is -2.08. The summed E-state index contributed by atoms with van der Waals surface area (Å²) in [4.78, 5) is 22.7. The lowest BCUT2D eigenvalue weighted by molar-refractivity contribution is 0.0697. The molecule has 2 amide bonds. The molecule has 20 heavy (non-hydrogen) atoms. The summed E-state index contributed by atoms with van der Waals surface area (Å²) in [7, 11) is 1.58. The first kappa shape index (κ1) is 16.0. The van der Waals surface area contributed by atoms with E-state index in [1.54, 1.807) is 20.1 Å². The average Bonchev–Trinajstić information content (AvgIpc) is 2.40. The first-order valence-corrected chi connectivity index (χ1v) is 6.38. The van der Waals surface area contributed by atoms with E-state index in [4.69, 9.17) is 9.84 Å². The van der Waals surface area contributed by atoms with Crippen molar-refractivity contribution in [2.24, 2.45) is 0 Å². The summed E-state index contributed by atoms with van der Waals surface area (Å²) in [5.41, 5.74) is 1.47. The third-order valence-corrected chi connectivity index (χ3v) is 2.92. The molecule has 0 fully saturated rings. The van der Waals surface area contributed by atoms with Crippen molar-refractivity contribution in [2.45, 2.75) is 26.3 Å². The molecule has 0 heterocycles. The highest BCUT2D eigenvalue weighted by Crippen LogP contribution is 2.16. The van der Waals surface area contributed by atoms with Crippen LogP contribution in [0.4, 0.5) is 10.5 Å². The molecule has 1 aromatic carbocycles. The average molecular weight is 280 g/mol. The van der Waals surface area contributed by atoms with Gasteiger partial charge in [0.1, 0.15) is 0 Å². The van der Waals surface area contributed by atoms with Crippen LogP contribution in [0.3, 0.4) is 0 Å². The van der Waals surface area contributed by atoms with Gasteiger partial charge in [0, 0.05) is 12.8 Å². The molecule has 0 aliphatic rings. The highest BCUT2D eigenvalue weighted by molar-refractivity contribution is 5.92. The number of rotatable bonds is 6. The number of aryl methyl sites for hydroxylation is 1. The fourth-order valence-corrected chi connectivity index (χ4v) is 1.74. The van der Waals surface area contributed by atoms with Gasteiger partial charge in [-0.25, -0.2) is 9.59 Å². The number of urea groups is 1. The molecule has 0 saturated heterocycles. The molecule has 0 saturated carbocycles. The number of methoxy groups -OCH3 is 1. The van der Waals surface area contributed by atoms with Gasteiger partial charge in [-0.3, -0.25) is 0 Å². The van der Waals surface area contributed by atoms with Crippen LogP contribution in [0.1, 0.15) is 29.3 Å². The minimum Gasteiger partial charge on any atom is -0.478 e. The maximum Gasteiger partial charge on any atom is 0.335 e. The van der Waals surface area contributed by atoms with Gasteiger partial charge in [-0.05, 0) is 37.1 Å². The zero-order valence-electron chi connectivity index (χ0n) is 11.9. The number of carboxylic acid groups (broad SMARTS) is 1. The minimum absolute atomic E-state index is 0.0569. The van der Waals surface area contributed by atoms with Gasteiger partial charge in [0.15, 0.2) is 0 Å². The second-order valence-electron chi connectivity index (χ2n) is 4.49. The Labute approximate surface area is 118 Å². The Bertz CT molecular complexity index is 488. The van der Waals surface area contributed by atoms with Crippen LogP contribution in [-0.2, 0) is 4.74 Å². The SMILES string of the molecule is CCC(COC)NC(=O)Nc1ccc(C(=O)O)cc1C. The normalized spacial score (nSPS) is 11.8. The Morgan fingerprint density at radius 3 is 2.60 bits per heavy atom. The van der Waals surface area contributed by atoms with Crippen LogP contribution in [0, 0.1) is 6.92 Å². The number of carbonyl (C=O) groups excluding carboxylic acids is 1. The number of hydrogen-bond acceptors (Lipinski definition) is 3. The monoisotopic (exact) mass is 280 g/mol. The zero-order valence-corrected chi connectivity index (χ0v) is 11.9. The first-order chi connectivity index (χ1) is 9.47. The molecule has 0 aliphatic carbocycles. The van der Waals surface area contributed by atoms with Gasteiger partial charge in [0.2, 0.25) is 0 Å². The molecule has 0 radical (unpaired) electrons. The van der Waals surface area contributed by atoms with Crippen LogP contribution in [-0.4, -0.2) is 36.9 Å². The minimum atomic E-state index is -0.991. The second kappa shape index (κ2) is 7.49. The van der Waals surface area contributed by atoms with Gasteiger partial charge in [-0.15, -0.1) is 0 Å². The van der Waals surface area contributed by atoms with Gasteiger partial charge in [0.05, 0.1) is 18.2 Å². The van der Waals surface area contributed by atoms with Crippen LogP contribution < -0.4 is 10.6 Å². The topological polar surface area (TPSA) is 87.7 Å². The van der Waals surface area contributed by atoms with Gasteiger partial charge in [-0.1, -0.05) is 6.92 Å². The number of carbonyl (C=O) groups is 2. The third-order valence-electron chi connectivity index (χ3n) is 2.92. The lowest BCUT2D eigenvalue weighted by Gasteiger charge is -2.17. The fraction of sp³-hybridized carbons (Fsp3) is 0.429. The summed E-state index contributed by atoms with van der Waals surface area (Å²) in [6, 6.07) is 4.16. The predicted octanol–water partition coefficient (Wildman–Crippen LogP) is 2.24. The molecule has 6 heteroatoms. The van der Waals surface area contributed by atoms with E-state index in [-0.39, 0.29) is 17.6 Å². The van der Waals surface area contributed by atoms with E-state index >= 15 is 0 Å². The van der Waals surface area contributed by atoms with Crippen LogP contribution in [0.5, 0.6) is 0 Å². The molecule has 0 bridgehead atoms. The molecule has 1 rings (SSSR count). The lowest BCUT2D eigenvalue weighted by Crippen LogP contribution is -2.40. The Balaban J connectivity index is 2.68. The number of benzene rings is 1. The highest BCUT2D eigenvalue weighted by Gasteiger charge is 2.12. The molecule has 0 aliphatic heterocycles. The van der Waals surface area contributed by atoms with E-state index in [0.29, 0.717) is 17.9 Å². The summed E-state index contributed by atoms with van der Waals surface area (Å²) in [6.45, 7) is 4.15. The molecule has 1 unspecified atom stereocenters. The standard InChI is InChI=1S/C14H20N2O4/c1-4-11(8-20-3)15-14(19)16-12-6-5-10(13(17)18)7-9(12)2/h5-7,11H,4,8H2,1-3H3,(H,17,18)(H2,15,16,19). The number of ether oxygens (including phenoxy) is 1. The maximum atomic E-state index is 11.8. The van der Waals surface area contributed by atoms with Gasteiger partial charge in [0.25, 0.3) is 0 Å². The van der Waals surface area contributed by atoms with E-state index in [1.807, 2.05) is 6.92 Å². The molecule has 6 nitrogen and oxygen atoms in total. The number of hydrogen-bond donors (Lipinski definition) is 3. The van der Waals surface area contributed by atoms with E-state index in [2.05, 4.69) is 10.6 Å². The van der Waals surface area contributed by atoms with Gasteiger partial charge in [-0.2, -0.15) is 0 Å². The summed E-state index contributed by atoms with van der Waals surface area (Å²) < 4.78 is 5.00. The molecule has 1 aromatic rings. The van der Waals surface area contributed by atoms with Crippen molar-refractivity contribution in [1.82, 2.24) is 5.32 Å². The number of nitrogens with one attached hydrogen (secondary N) is 2. The highest BCUT2D eigenvalue weighted by atomic mass is 16.5. The Kier molecular flexibility index (Phi) is 5.99. The maximum absolute atomic E-state index is 11.8. The molecular formula is C14H20N2O4. The van der Waals surface area contributed by atoms with E-state index in [9.17, 15) is 9.59 Å². The number of amides is 2. The zero-order chi connectivity index (χ0) is 15.1. The molecule has 0 spiro atoms. The Morgan fingerprint density at radius 1 is 1.40 bits per heavy atom. The second-order valence-corrected chi connectivity index (χ2v) is 4.49. The molecule has 3 N–H and O–H groups in total. The van der Waals surface area contributed by atoms with Gasteiger partial charge < -0.3 is 20.5 Å². The molecule has 110 valence electrons. The van der Waals surface area contributed by atoms with Crippen LogP contribution in [0.2, 0.25) is 0 Å². The van der Waals surface area contributed by atoms with Crippen molar-refractivity contribution in [3.63, 3.8) is 0 Å². The smallest absolute Gasteiger partial charge is 0.335 e. The first-order valence-electron chi connectivity index (χ1n) is 6.38. The van der Waals surface area contributed by atoms with Gasteiger partial charge >= 0.3 is 12.0 Å². The van der Waals surface area contributed by atoms with Crippen molar-refractivity contribution in [2.75, 3.05) is 19.0 Å².